The molecule has 1 unspecified atom stereocenters. The molecule has 3 nitrogen and oxygen atoms in total. The summed E-state index contributed by atoms with van der Waals surface area (Å²) < 4.78 is 0. The summed E-state index contributed by atoms with van der Waals surface area (Å²) in [5.41, 5.74) is 0.630. The quantitative estimate of drug-likeness (QED) is 0.798. The fraction of sp³-hybridized carbons (Fsp3) is 0.562. The first-order valence-electron chi connectivity index (χ1n) is 7.30. The molecule has 21 heavy (non-hydrogen) atoms. The van der Waals surface area contributed by atoms with Crippen molar-refractivity contribution in [2.75, 3.05) is 19.6 Å². The summed E-state index contributed by atoms with van der Waals surface area (Å²) in [5, 5.41) is 10.4. The molecule has 1 heterocycles. The number of likely N-dealkylation sites (tertiary alicyclic amines) is 1. The molecule has 2 rings (SSSR count). The number of carboxylic acids is 1. The Morgan fingerprint density at radius 2 is 2.10 bits per heavy atom. The van der Waals surface area contributed by atoms with Crippen LogP contribution in [-0.2, 0) is 11.2 Å². The molecule has 5 heteroatoms. The number of nitrogens with zero attached hydrogens (tertiary/aromatic N) is 1. The van der Waals surface area contributed by atoms with Gasteiger partial charge in [-0.15, -0.1) is 0 Å². The summed E-state index contributed by atoms with van der Waals surface area (Å²) in [4.78, 5) is 13.4. The third-order valence-electron chi connectivity index (χ3n) is 4.24. The Balaban J connectivity index is 1.71. The van der Waals surface area contributed by atoms with Crippen LogP contribution in [0.2, 0.25) is 10.0 Å². The molecule has 1 N–H and O–H groups in total. The smallest absolute Gasteiger partial charge is 0.310 e. The lowest BCUT2D eigenvalue weighted by molar-refractivity contribution is -0.147. The van der Waals surface area contributed by atoms with Gasteiger partial charge in [-0.25, -0.2) is 0 Å². The minimum absolute atomic E-state index is 0.566. The highest BCUT2D eigenvalue weighted by atomic mass is 35.5. The van der Waals surface area contributed by atoms with Crippen LogP contribution in [0.1, 0.15) is 31.7 Å². The molecule has 0 spiro atoms. The molecule has 0 saturated carbocycles. The Morgan fingerprint density at radius 1 is 1.33 bits per heavy atom. The van der Waals surface area contributed by atoms with Crippen molar-refractivity contribution >= 4 is 29.2 Å². The Morgan fingerprint density at radius 3 is 2.71 bits per heavy atom. The number of carbonyl (C=O) groups is 1. The lowest BCUT2D eigenvalue weighted by atomic mass is 9.90. The standard InChI is InChI=1S/C16H21Cl2NO2/c1-16(15(20)21)7-9-19(11-16)8-3-2-4-12-5-6-13(17)14(18)10-12/h5-6,10H,2-4,7-9,11H2,1H3,(H,20,21). The number of benzene rings is 1. The average Bonchev–Trinajstić information content (AvgIpc) is 2.82. The first-order valence-corrected chi connectivity index (χ1v) is 8.06. The molecule has 0 amide bonds. The molecule has 1 saturated heterocycles. The largest absolute Gasteiger partial charge is 0.481 e. The van der Waals surface area contributed by atoms with Crippen molar-refractivity contribution in [2.45, 2.75) is 32.6 Å². The maximum atomic E-state index is 11.2. The van der Waals surface area contributed by atoms with Crippen molar-refractivity contribution in [2.24, 2.45) is 5.41 Å². The van der Waals surface area contributed by atoms with Crippen LogP contribution in [0.15, 0.2) is 18.2 Å². The van der Waals surface area contributed by atoms with E-state index in [-0.39, 0.29) is 0 Å². The van der Waals surface area contributed by atoms with Crippen molar-refractivity contribution in [3.8, 4) is 0 Å². The number of halogens is 2. The summed E-state index contributed by atoms with van der Waals surface area (Å²) in [6.45, 7) is 4.35. The van der Waals surface area contributed by atoms with Crippen molar-refractivity contribution in [1.82, 2.24) is 4.90 Å². The first-order chi connectivity index (χ1) is 9.90. The molecule has 1 aromatic rings. The third kappa shape index (κ3) is 4.35. The zero-order chi connectivity index (χ0) is 15.5. The van der Waals surface area contributed by atoms with Crippen molar-refractivity contribution in [3.63, 3.8) is 0 Å². The molecule has 0 bridgehead atoms. The van der Waals surface area contributed by atoms with Crippen LogP contribution < -0.4 is 0 Å². The van der Waals surface area contributed by atoms with Gasteiger partial charge >= 0.3 is 5.97 Å². The summed E-state index contributed by atoms with van der Waals surface area (Å²) in [6.07, 6.45) is 3.85. The second-order valence-electron chi connectivity index (χ2n) is 6.10. The summed E-state index contributed by atoms with van der Waals surface area (Å²) in [7, 11) is 0. The van der Waals surface area contributed by atoms with E-state index >= 15 is 0 Å². The molecule has 1 aliphatic rings. The number of aryl methyl sites for hydroxylation is 1. The topological polar surface area (TPSA) is 40.5 Å². The fourth-order valence-electron chi connectivity index (χ4n) is 2.78. The lowest BCUT2D eigenvalue weighted by Gasteiger charge is -2.19. The van der Waals surface area contributed by atoms with Crippen molar-refractivity contribution in [1.29, 1.82) is 0 Å². The molecule has 1 atom stereocenters. The van der Waals surface area contributed by atoms with E-state index in [0.717, 1.165) is 38.8 Å². The molecule has 1 aliphatic heterocycles. The van der Waals surface area contributed by atoms with Crippen LogP contribution in [0.25, 0.3) is 0 Å². The molecule has 116 valence electrons. The van der Waals surface area contributed by atoms with E-state index < -0.39 is 11.4 Å². The van der Waals surface area contributed by atoms with Crippen molar-refractivity contribution < 1.29 is 9.90 Å². The van der Waals surface area contributed by atoms with E-state index in [1.54, 1.807) is 0 Å². The van der Waals surface area contributed by atoms with Crippen molar-refractivity contribution in [3.05, 3.63) is 33.8 Å². The average molecular weight is 330 g/mol. The highest BCUT2D eigenvalue weighted by Crippen LogP contribution is 2.30. The van der Waals surface area contributed by atoms with Gasteiger partial charge in [-0.05, 0) is 63.4 Å². The molecular formula is C16H21Cl2NO2. The predicted octanol–water partition coefficient (Wildman–Crippen LogP) is 4.11. The van der Waals surface area contributed by atoms with Crippen LogP contribution in [-0.4, -0.2) is 35.6 Å². The van der Waals surface area contributed by atoms with Gasteiger partial charge in [-0.3, -0.25) is 4.79 Å². The van der Waals surface area contributed by atoms with Crippen LogP contribution in [0, 0.1) is 5.41 Å². The zero-order valence-electron chi connectivity index (χ0n) is 12.2. The van der Waals surface area contributed by atoms with Gasteiger partial charge in [-0.2, -0.15) is 0 Å². The fourth-order valence-corrected chi connectivity index (χ4v) is 3.10. The van der Waals surface area contributed by atoms with E-state index in [9.17, 15) is 9.90 Å². The van der Waals surface area contributed by atoms with Gasteiger partial charge in [0.15, 0.2) is 0 Å². The highest BCUT2D eigenvalue weighted by molar-refractivity contribution is 6.42. The van der Waals surface area contributed by atoms with Gasteiger partial charge in [0.05, 0.1) is 15.5 Å². The second-order valence-corrected chi connectivity index (χ2v) is 6.91. The lowest BCUT2D eigenvalue weighted by Crippen LogP contribution is -2.32. The van der Waals surface area contributed by atoms with Crippen LogP contribution >= 0.6 is 23.2 Å². The van der Waals surface area contributed by atoms with E-state index in [2.05, 4.69) is 4.90 Å². The molecule has 1 fully saturated rings. The molecular weight excluding hydrogens is 309 g/mol. The number of unbranched alkanes of at least 4 members (excludes halogenated alkanes) is 1. The third-order valence-corrected chi connectivity index (χ3v) is 4.98. The van der Waals surface area contributed by atoms with Gasteiger partial charge in [0.1, 0.15) is 0 Å². The Bertz CT molecular complexity index is 521. The summed E-state index contributed by atoms with van der Waals surface area (Å²) in [5.74, 6) is -0.680. The van der Waals surface area contributed by atoms with Gasteiger partial charge in [0, 0.05) is 6.54 Å². The second kappa shape index (κ2) is 6.99. The molecule has 0 aliphatic carbocycles. The van der Waals surface area contributed by atoms with Gasteiger partial charge < -0.3 is 10.0 Å². The van der Waals surface area contributed by atoms with E-state index in [1.165, 1.54) is 5.56 Å². The summed E-state index contributed by atoms with van der Waals surface area (Å²) >= 11 is 11.9. The minimum atomic E-state index is -0.680. The zero-order valence-corrected chi connectivity index (χ0v) is 13.8. The number of carboxylic acid groups (broad SMARTS) is 1. The SMILES string of the molecule is CC1(C(=O)O)CCN(CCCCc2ccc(Cl)c(Cl)c2)C1. The number of aliphatic carboxylic acids is 1. The molecule has 0 aromatic heterocycles. The van der Waals surface area contributed by atoms with Crippen LogP contribution in [0.4, 0.5) is 0 Å². The maximum absolute atomic E-state index is 11.2. The number of hydrogen-bond donors (Lipinski definition) is 1. The Kier molecular flexibility index (Phi) is 5.53. The van der Waals surface area contributed by atoms with E-state index in [0.29, 0.717) is 16.6 Å². The predicted molar refractivity (Wildman–Crippen MR) is 86.2 cm³/mol. The van der Waals surface area contributed by atoms with Crippen LogP contribution in [0.5, 0.6) is 0 Å². The maximum Gasteiger partial charge on any atom is 0.310 e. The molecule has 0 radical (unpaired) electrons. The Labute approximate surface area is 135 Å². The van der Waals surface area contributed by atoms with E-state index in [1.807, 2.05) is 25.1 Å². The highest BCUT2D eigenvalue weighted by Gasteiger charge is 2.39. The van der Waals surface area contributed by atoms with Gasteiger partial charge in [0.25, 0.3) is 0 Å². The van der Waals surface area contributed by atoms with Crippen LogP contribution in [0.3, 0.4) is 0 Å². The van der Waals surface area contributed by atoms with Gasteiger partial charge in [0.2, 0.25) is 0 Å². The Hall–Kier alpha value is -0.770. The number of hydrogen-bond acceptors (Lipinski definition) is 2. The van der Waals surface area contributed by atoms with Gasteiger partial charge in [-0.1, -0.05) is 29.3 Å². The summed E-state index contributed by atoms with van der Waals surface area (Å²) in [6, 6.07) is 5.75. The minimum Gasteiger partial charge on any atom is -0.481 e. The van der Waals surface area contributed by atoms with E-state index in [4.69, 9.17) is 23.2 Å². The molecule has 1 aromatic carbocycles. The normalized spacial score (nSPS) is 22.6. The monoisotopic (exact) mass is 329 g/mol. The first kappa shape index (κ1) is 16.6. The number of rotatable bonds is 6.